The first-order valence-electron chi connectivity index (χ1n) is 5.17. The molecule has 0 saturated heterocycles. The number of aromatic hydroxyl groups is 2. The van der Waals surface area contributed by atoms with Crippen molar-refractivity contribution in [3.63, 3.8) is 0 Å². The van der Waals surface area contributed by atoms with Crippen LogP contribution in [0.15, 0.2) is 18.2 Å². The Bertz CT molecular complexity index is 437. The van der Waals surface area contributed by atoms with Gasteiger partial charge >= 0.3 is 5.97 Å². The molecule has 1 aromatic carbocycles. The number of esters is 1. The number of nitrogens with zero attached hydrogens (tertiary/aromatic N) is 1. The van der Waals surface area contributed by atoms with Crippen LogP contribution in [0.4, 0.5) is 0 Å². The smallest absolute Gasteiger partial charge is 0.320 e. The van der Waals surface area contributed by atoms with Gasteiger partial charge in [0.25, 0.3) is 0 Å². The Morgan fingerprint density at radius 1 is 1.35 bits per heavy atom. The monoisotopic (exact) mass is 235 g/mol. The van der Waals surface area contributed by atoms with Gasteiger partial charge in [0, 0.05) is 0 Å². The number of rotatable bonds is 5. The molecule has 1 aromatic rings. The Hall–Kier alpha value is -2.22. The first-order chi connectivity index (χ1) is 8.13. The molecule has 2 N–H and O–H groups in total. The van der Waals surface area contributed by atoms with Gasteiger partial charge in [-0.25, -0.2) is 0 Å². The summed E-state index contributed by atoms with van der Waals surface area (Å²) in [5, 5.41) is 26.6. The van der Waals surface area contributed by atoms with Crippen molar-refractivity contribution in [3.05, 3.63) is 23.8 Å². The molecule has 0 aliphatic rings. The SMILES string of the molecule is N#CCC(=O)OCCCc1ccc(O)c(O)c1. The quantitative estimate of drug-likeness (QED) is 0.458. The molecule has 5 heteroatoms. The van der Waals surface area contributed by atoms with Gasteiger partial charge in [0.05, 0.1) is 12.7 Å². The van der Waals surface area contributed by atoms with Crippen molar-refractivity contribution in [3.8, 4) is 17.6 Å². The number of phenolic OH excluding ortho intramolecular Hbond substituents is 2. The predicted molar refractivity (Wildman–Crippen MR) is 59.3 cm³/mol. The van der Waals surface area contributed by atoms with Crippen molar-refractivity contribution in [2.45, 2.75) is 19.3 Å². The van der Waals surface area contributed by atoms with Crippen LogP contribution in [-0.4, -0.2) is 22.8 Å². The Kier molecular flexibility index (Phi) is 4.82. The topological polar surface area (TPSA) is 90.6 Å². The van der Waals surface area contributed by atoms with Crippen LogP contribution in [0.25, 0.3) is 0 Å². The van der Waals surface area contributed by atoms with Gasteiger partial charge in [-0.05, 0) is 30.5 Å². The van der Waals surface area contributed by atoms with Gasteiger partial charge in [-0.2, -0.15) is 5.26 Å². The molecule has 5 nitrogen and oxygen atoms in total. The summed E-state index contributed by atoms with van der Waals surface area (Å²) in [5.41, 5.74) is 0.844. The summed E-state index contributed by atoms with van der Waals surface area (Å²) in [6.07, 6.45) is 0.981. The van der Waals surface area contributed by atoms with Gasteiger partial charge in [-0.1, -0.05) is 6.07 Å². The lowest BCUT2D eigenvalue weighted by Crippen LogP contribution is -2.05. The third kappa shape index (κ3) is 4.43. The molecule has 0 fully saturated rings. The summed E-state index contributed by atoms with van der Waals surface area (Å²) >= 11 is 0. The fraction of sp³-hybridized carbons (Fsp3) is 0.333. The third-order valence-electron chi connectivity index (χ3n) is 2.14. The van der Waals surface area contributed by atoms with Gasteiger partial charge in [-0.15, -0.1) is 0 Å². The molecule has 1 rings (SSSR count). The minimum absolute atomic E-state index is 0.158. The average Bonchev–Trinajstić information content (AvgIpc) is 2.29. The highest BCUT2D eigenvalue weighted by Crippen LogP contribution is 2.25. The summed E-state index contributed by atoms with van der Waals surface area (Å²) in [6.45, 7) is 0.238. The van der Waals surface area contributed by atoms with Crippen molar-refractivity contribution in [2.75, 3.05) is 6.61 Å². The lowest BCUT2D eigenvalue weighted by atomic mass is 10.1. The Labute approximate surface area is 98.9 Å². The van der Waals surface area contributed by atoms with E-state index in [0.29, 0.717) is 12.8 Å². The average molecular weight is 235 g/mol. The highest BCUT2D eigenvalue weighted by molar-refractivity contribution is 5.71. The predicted octanol–water partition coefficient (Wildman–Crippen LogP) is 1.49. The van der Waals surface area contributed by atoms with E-state index in [1.165, 1.54) is 12.1 Å². The summed E-state index contributed by atoms with van der Waals surface area (Å²) in [7, 11) is 0. The van der Waals surface area contributed by atoms with Gasteiger partial charge in [0.2, 0.25) is 0 Å². The van der Waals surface area contributed by atoms with E-state index < -0.39 is 5.97 Å². The van der Waals surface area contributed by atoms with Gasteiger partial charge in [-0.3, -0.25) is 4.79 Å². The number of aryl methyl sites for hydroxylation is 1. The van der Waals surface area contributed by atoms with Crippen LogP contribution in [0.2, 0.25) is 0 Å². The highest BCUT2D eigenvalue weighted by Gasteiger charge is 2.03. The molecule has 0 atom stereocenters. The van der Waals surface area contributed by atoms with E-state index in [2.05, 4.69) is 0 Å². The maximum Gasteiger partial charge on any atom is 0.320 e. The number of phenols is 2. The molecular formula is C12H13NO4. The second kappa shape index (κ2) is 6.38. The zero-order chi connectivity index (χ0) is 12.7. The fourth-order valence-corrected chi connectivity index (χ4v) is 1.30. The number of ether oxygens (including phenoxy) is 1. The Morgan fingerprint density at radius 3 is 2.76 bits per heavy atom. The van der Waals surface area contributed by atoms with Crippen LogP contribution in [0.3, 0.4) is 0 Å². The normalized spacial score (nSPS) is 9.59. The van der Waals surface area contributed by atoms with Crippen LogP contribution >= 0.6 is 0 Å². The van der Waals surface area contributed by atoms with Crippen LogP contribution in [0.1, 0.15) is 18.4 Å². The van der Waals surface area contributed by atoms with Crippen molar-refractivity contribution in [1.29, 1.82) is 5.26 Å². The summed E-state index contributed by atoms with van der Waals surface area (Å²) in [4.78, 5) is 10.8. The van der Waals surface area contributed by atoms with E-state index in [9.17, 15) is 9.90 Å². The lowest BCUT2D eigenvalue weighted by Gasteiger charge is -2.04. The number of carbonyl (C=O) groups is 1. The standard InChI is InChI=1S/C12H13NO4/c13-6-5-12(16)17-7-1-2-9-3-4-10(14)11(15)8-9/h3-4,8,14-15H,1-2,5,7H2. The van der Waals surface area contributed by atoms with E-state index >= 15 is 0 Å². The summed E-state index contributed by atoms with van der Waals surface area (Å²) < 4.78 is 4.78. The molecule has 0 aromatic heterocycles. The van der Waals surface area contributed by atoms with Crippen LogP contribution in [-0.2, 0) is 16.0 Å². The Morgan fingerprint density at radius 2 is 2.12 bits per heavy atom. The maximum absolute atomic E-state index is 10.8. The second-order valence-corrected chi connectivity index (χ2v) is 3.48. The number of benzene rings is 1. The number of hydrogen-bond donors (Lipinski definition) is 2. The second-order valence-electron chi connectivity index (χ2n) is 3.48. The summed E-state index contributed by atoms with van der Waals surface area (Å²) in [5.74, 6) is -0.848. The number of carbonyl (C=O) groups excluding carboxylic acids is 1. The van der Waals surface area contributed by atoms with Crippen LogP contribution in [0, 0.1) is 11.3 Å². The molecule has 0 heterocycles. The van der Waals surface area contributed by atoms with Crippen molar-refractivity contribution in [1.82, 2.24) is 0 Å². The van der Waals surface area contributed by atoms with Crippen molar-refractivity contribution < 1.29 is 19.7 Å². The van der Waals surface area contributed by atoms with E-state index in [4.69, 9.17) is 15.1 Å². The molecule has 0 aliphatic carbocycles. The van der Waals surface area contributed by atoms with Crippen molar-refractivity contribution in [2.24, 2.45) is 0 Å². The number of hydrogen-bond acceptors (Lipinski definition) is 5. The van der Waals surface area contributed by atoms with Crippen LogP contribution < -0.4 is 0 Å². The zero-order valence-corrected chi connectivity index (χ0v) is 9.22. The van der Waals surface area contributed by atoms with Gasteiger partial charge in [0.15, 0.2) is 11.5 Å². The Balaban J connectivity index is 2.29. The molecule has 0 spiro atoms. The molecular weight excluding hydrogens is 222 g/mol. The van der Waals surface area contributed by atoms with E-state index in [1.54, 1.807) is 12.1 Å². The molecule has 90 valence electrons. The highest BCUT2D eigenvalue weighted by atomic mass is 16.5. The van der Waals surface area contributed by atoms with Crippen LogP contribution in [0.5, 0.6) is 11.5 Å². The molecule has 0 saturated carbocycles. The minimum atomic E-state index is -0.527. The van der Waals surface area contributed by atoms with E-state index in [-0.39, 0.29) is 24.5 Å². The first kappa shape index (κ1) is 12.8. The molecule has 17 heavy (non-hydrogen) atoms. The summed E-state index contributed by atoms with van der Waals surface area (Å²) in [6, 6.07) is 6.26. The van der Waals surface area contributed by atoms with Gasteiger partial charge < -0.3 is 14.9 Å². The molecule has 0 bridgehead atoms. The largest absolute Gasteiger partial charge is 0.504 e. The molecule has 0 aliphatic heterocycles. The van der Waals surface area contributed by atoms with E-state index in [0.717, 1.165) is 5.56 Å². The van der Waals surface area contributed by atoms with E-state index in [1.807, 2.05) is 0 Å². The number of nitriles is 1. The minimum Gasteiger partial charge on any atom is -0.504 e. The zero-order valence-electron chi connectivity index (χ0n) is 9.22. The van der Waals surface area contributed by atoms with Crippen molar-refractivity contribution >= 4 is 5.97 Å². The maximum atomic E-state index is 10.8. The molecule has 0 unspecified atom stereocenters. The first-order valence-corrected chi connectivity index (χ1v) is 5.17. The molecule has 0 radical (unpaired) electrons. The third-order valence-corrected chi connectivity index (χ3v) is 2.14. The lowest BCUT2D eigenvalue weighted by molar-refractivity contribution is -0.142. The fourth-order valence-electron chi connectivity index (χ4n) is 1.30. The van der Waals surface area contributed by atoms with Gasteiger partial charge in [0.1, 0.15) is 6.42 Å². The molecule has 0 amide bonds.